The van der Waals surface area contributed by atoms with E-state index in [9.17, 15) is 14.4 Å². The average molecular weight is 581 g/mol. The monoisotopic (exact) mass is 580 g/mol. The third kappa shape index (κ3) is 5.19. The molecule has 0 N–H and O–H groups in total. The second-order valence-electron chi connectivity index (χ2n) is 9.89. The number of rotatable bonds is 7. The predicted molar refractivity (Wildman–Crippen MR) is 159 cm³/mol. The zero-order chi connectivity index (χ0) is 29.2. The Hall–Kier alpha value is -4.76. The summed E-state index contributed by atoms with van der Waals surface area (Å²) in [7, 11) is 1.35. The van der Waals surface area contributed by atoms with Gasteiger partial charge >= 0.3 is 11.9 Å². The summed E-state index contributed by atoms with van der Waals surface area (Å²) in [5.74, 6) is -0.355. The molecular formula is C33H28N2O6S. The first kappa shape index (κ1) is 27.4. The van der Waals surface area contributed by atoms with Gasteiger partial charge in [0.25, 0.3) is 5.56 Å². The topological polar surface area (TPSA) is 96.2 Å². The van der Waals surface area contributed by atoms with Crippen LogP contribution in [-0.4, -0.2) is 36.8 Å². The lowest BCUT2D eigenvalue weighted by atomic mass is 9.83. The fourth-order valence-electron chi connectivity index (χ4n) is 5.43. The van der Waals surface area contributed by atoms with Crippen LogP contribution in [0.15, 0.2) is 88.2 Å². The van der Waals surface area contributed by atoms with Crippen molar-refractivity contribution in [2.75, 3.05) is 20.3 Å². The second kappa shape index (κ2) is 11.6. The van der Waals surface area contributed by atoms with Crippen LogP contribution < -0.4 is 19.6 Å². The average Bonchev–Trinajstić information content (AvgIpc) is 3.32. The third-order valence-corrected chi connectivity index (χ3v) is 8.32. The number of methoxy groups -OCH3 is 1. The molecule has 6 rings (SSSR count). The number of carbonyl (C=O) groups is 2. The smallest absolute Gasteiger partial charge is 0.344 e. The van der Waals surface area contributed by atoms with Crippen molar-refractivity contribution in [3.63, 3.8) is 0 Å². The number of aromatic nitrogens is 1. The number of hydrogen-bond donors (Lipinski definition) is 0. The number of allylic oxidation sites excluding steroid dienone is 1. The van der Waals surface area contributed by atoms with Crippen LogP contribution in [0.25, 0.3) is 11.8 Å². The van der Waals surface area contributed by atoms with Crippen LogP contribution >= 0.6 is 11.3 Å². The van der Waals surface area contributed by atoms with Crippen LogP contribution in [0, 0.1) is 0 Å². The lowest BCUT2D eigenvalue weighted by Gasteiger charge is -2.30. The molecule has 3 aromatic carbocycles. The SMILES string of the molecule is CCOC(=O)COc1cccc(C=c2sc3n(c2=O)C(c2ccc(C(=O)OC)cc2)C2=C(N=3)c3ccccc3CC2)c1. The largest absolute Gasteiger partial charge is 0.482 e. The van der Waals surface area contributed by atoms with Crippen LogP contribution in [0.2, 0.25) is 0 Å². The lowest BCUT2D eigenvalue weighted by molar-refractivity contribution is -0.145. The molecule has 8 nitrogen and oxygen atoms in total. The summed E-state index contributed by atoms with van der Waals surface area (Å²) in [5, 5.41) is 0. The van der Waals surface area contributed by atoms with Crippen molar-refractivity contribution in [3.05, 3.63) is 126 Å². The molecular weight excluding hydrogens is 552 g/mol. The number of esters is 2. The summed E-state index contributed by atoms with van der Waals surface area (Å²) in [6, 6.07) is 22.3. The molecule has 1 aliphatic carbocycles. The summed E-state index contributed by atoms with van der Waals surface area (Å²) in [6.45, 7) is 1.83. The molecule has 0 amide bonds. The number of thiazole rings is 1. The maximum atomic E-state index is 14.0. The van der Waals surface area contributed by atoms with E-state index >= 15 is 0 Å². The van der Waals surface area contributed by atoms with Gasteiger partial charge in [0.15, 0.2) is 11.4 Å². The molecule has 2 aliphatic rings. The number of fused-ring (bicyclic) bond motifs is 3. The van der Waals surface area contributed by atoms with E-state index in [4.69, 9.17) is 19.2 Å². The molecule has 1 atom stereocenters. The van der Waals surface area contributed by atoms with Gasteiger partial charge in [0.1, 0.15) is 5.75 Å². The normalized spacial score (nSPS) is 15.7. The Morgan fingerprint density at radius 2 is 1.86 bits per heavy atom. The molecule has 0 radical (unpaired) electrons. The standard InChI is InChI=1S/C33H28N2O6S/c1-3-40-28(36)19-41-24-9-6-7-20(17-24)18-27-31(37)35-30(22-11-13-23(14-12-22)32(38)39-2)26-16-15-21-8-4-5-10-25(21)29(26)34-33(35)42-27/h4-14,17-18,30H,3,15-16,19H2,1-2H3. The summed E-state index contributed by atoms with van der Waals surface area (Å²) < 4.78 is 17.7. The molecule has 0 saturated carbocycles. The summed E-state index contributed by atoms with van der Waals surface area (Å²) in [4.78, 5) is 43.5. The van der Waals surface area contributed by atoms with Gasteiger partial charge in [0.2, 0.25) is 0 Å². The highest BCUT2D eigenvalue weighted by molar-refractivity contribution is 7.07. The van der Waals surface area contributed by atoms with Gasteiger partial charge in [-0.2, -0.15) is 0 Å². The summed E-state index contributed by atoms with van der Waals surface area (Å²) in [5.41, 5.74) is 6.25. The molecule has 42 heavy (non-hydrogen) atoms. The van der Waals surface area contributed by atoms with E-state index in [1.165, 1.54) is 24.0 Å². The first-order chi connectivity index (χ1) is 20.5. The Kier molecular flexibility index (Phi) is 7.58. The van der Waals surface area contributed by atoms with Gasteiger partial charge in [-0.15, -0.1) is 0 Å². The van der Waals surface area contributed by atoms with Gasteiger partial charge in [0.05, 0.1) is 35.6 Å². The minimum absolute atomic E-state index is 0.149. The quantitative estimate of drug-likeness (QED) is 0.306. The highest BCUT2D eigenvalue weighted by Crippen LogP contribution is 2.41. The molecule has 0 saturated heterocycles. The van der Waals surface area contributed by atoms with Gasteiger partial charge in [-0.25, -0.2) is 14.6 Å². The highest BCUT2D eigenvalue weighted by Gasteiger charge is 2.32. The molecule has 0 spiro atoms. The second-order valence-corrected chi connectivity index (χ2v) is 10.9. The molecule has 1 aromatic heterocycles. The van der Waals surface area contributed by atoms with Crippen LogP contribution in [-0.2, 0) is 20.7 Å². The van der Waals surface area contributed by atoms with Crippen LogP contribution in [0.5, 0.6) is 5.75 Å². The van der Waals surface area contributed by atoms with Crippen LogP contribution in [0.4, 0.5) is 0 Å². The Bertz CT molecular complexity index is 1900. The summed E-state index contributed by atoms with van der Waals surface area (Å²) >= 11 is 1.33. The number of nitrogens with zero attached hydrogens (tertiary/aromatic N) is 2. The molecule has 9 heteroatoms. The minimum Gasteiger partial charge on any atom is -0.482 e. The van der Waals surface area contributed by atoms with Gasteiger partial charge in [-0.3, -0.25) is 9.36 Å². The maximum Gasteiger partial charge on any atom is 0.344 e. The first-order valence-electron chi connectivity index (χ1n) is 13.7. The number of hydrogen-bond acceptors (Lipinski definition) is 8. The van der Waals surface area contributed by atoms with E-state index < -0.39 is 11.9 Å². The zero-order valence-corrected chi connectivity index (χ0v) is 24.0. The van der Waals surface area contributed by atoms with Gasteiger partial charge in [-0.1, -0.05) is 59.9 Å². The van der Waals surface area contributed by atoms with Gasteiger partial charge in [-0.05, 0) is 72.4 Å². The molecule has 0 fully saturated rings. The first-order valence-corrected chi connectivity index (χ1v) is 14.5. The summed E-state index contributed by atoms with van der Waals surface area (Å²) in [6.07, 6.45) is 3.43. The van der Waals surface area contributed by atoms with Crippen molar-refractivity contribution in [1.29, 1.82) is 0 Å². The Balaban J connectivity index is 1.45. The Morgan fingerprint density at radius 1 is 1.05 bits per heavy atom. The van der Waals surface area contributed by atoms with Crippen molar-refractivity contribution in [2.24, 2.45) is 4.99 Å². The number of carbonyl (C=O) groups excluding carboxylic acids is 2. The van der Waals surface area contributed by atoms with Crippen LogP contribution in [0.3, 0.4) is 0 Å². The van der Waals surface area contributed by atoms with Crippen molar-refractivity contribution in [3.8, 4) is 5.75 Å². The predicted octanol–water partition coefficient (Wildman–Crippen LogP) is 4.05. The lowest BCUT2D eigenvalue weighted by Crippen LogP contribution is -2.38. The van der Waals surface area contributed by atoms with E-state index in [1.807, 2.05) is 42.5 Å². The molecule has 212 valence electrons. The Labute approximate surface area is 245 Å². The maximum absolute atomic E-state index is 14.0. The van der Waals surface area contributed by atoms with E-state index in [0.29, 0.717) is 20.6 Å². The van der Waals surface area contributed by atoms with Crippen molar-refractivity contribution in [2.45, 2.75) is 25.8 Å². The fourth-order valence-corrected chi connectivity index (χ4v) is 6.43. The van der Waals surface area contributed by atoms with Crippen molar-refractivity contribution < 1.29 is 23.8 Å². The zero-order valence-electron chi connectivity index (χ0n) is 23.2. The number of benzene rings is 3. The highest BCUT2D eigenvalue weighted by atomic mass is 32.1. The number of aryl methyl sites for hydroxylation is 1. The molecule has 1 unspecified atom stereocenters. The fraction of sp³-hybridized carbons (Fsp3) is 0.212. The van der Waals surface area contributed by atoms with Crippen molar-refractivity contribution >= 4 is 35.0 Å². The van der Waals surface area contributed by atoms with E-state index in [0.717, 1.165) is 40.8 Å². The van der Waals surface area contributed by atoms with E-state index in [1.54, 1.807) is 35.8 Å². The minimum atomic E-state index is -0.443. The molecule has 1 aliphatic heterocycles. The van der Waals surface area contributed by atoms with Crippen molar-refractivity contribution in [1.82, 2.24) is 4.57 Å². The van der Waals surface area contributed by atoms with E-state index in [2.05, 4.69) is 12.1 Å². The van der Waals surface area contributed by atoms with Gasteiger partial charge in [0, 0.05) is 5.56 Å². The molecule has 2 heterocycles. The molecule has 0 bridgehead atoms. The van der Waals surface area contributed by atoms with Gasteiger partial charge < -0.3 is 14.2 Å². The number of ether oxygens (including phenoxy) is 3. The van der Waals surface area contributed by atoms with E-state index in [-0.39, 0.29) is 24.8 Å². The Morgan fingerprint density at radius 3 is 2.64 bits per heavy atom. The molecule has 4 aromatic rings. The third-order valence-electron chi connectivity index (χ3n) is 7.34. The van der Waals surface area contributed by atoms with Crippen LogP contribution in [0.1, 0.15) is 52.0 Å².